The first-order valence-corrected chi connectivity index (χ1v) is 6.70. The van der Waals surface area contributed by atoms with Crippen LogP contribution >= 0.6 is 35.0 Å². The van der Waals surface area contributed by atoms with Crippen LogP contribution in [0, 0.1) is 0 Å². The van der Waals surface area contributed by atoms with Gasteiger partial charge in [0, 0.05) is 5.02 Å². The van der Waals surface area contributed by atoms with Gasteiger partial charge < -0.3 is 5.11 Å². The van der Waals surface area contributed by atoms with Crippen molar-refractivity contribution >= 4 is 35.0 Å². The summed E-state index contributed by atoms with van der Waals surface area (Å²) in [5.74, 6) is 0.443. The van der Waals surface area contributed by atoms with Gasteiger partial charge in [-0.3, -0.25) is 4.57 Å². The molecular formula is C10H9Cl2N3OS. The first-order chi connectivity index (χ1) is 8.17. The normalized spacial score (nSPS) is 10.8. The van der Waals surface area contributed by atoms with Crippen molar-refractivity contribution in [3.05, 3.63) is 34.1 Å². The van der Waals surface area contributed by atoms with Gasteiger partial charge in [0.2, 0.25) is 0 Å². The Hall–Kier alpha value is -0.750. The Kier molecular flexibility index (Phi) is 3.93. The van der Waals surface area contributed by atoms with Crippen LogP contribution in [0.3, 0.4) is 0 Å². The lowest BCUT2D eigenvalue weighted by Crippen LogP contribution is -2.03. The van der Waals surface area contributed by atoms with Crippen LogP contribution in [0.25, 0.3) is 5.69 Å². The molecule has 2 rings (SSSR count). The highest BCUT2D eigenvalue weighted by Gasteiger charge is 2.14. The average molecular weight is 290 g/mol. The fourth-order valence-electron chi connectivity index (χ4n) is 1.44. The Balaban J connectivity index is 2.62. The van der Waals surface area contributed by atoms with Gasteiger partial charge in [-0.25, -0.2) is 0 Å². The van der Waals surface area contributed by atoms with Crippen LogP contribution in [0.5, 0.6) is 0 Å². The van der Waals surface area contributed by atoms with Crippen molar-refractivity contribution in [1.82, 2.24) is 14.8 Å². The topological polar surface area (TPSA) is 50.9 Å². The summed E-state index contributed by atoms with van der Waals surface area (Å²) >= 11 is 13.4. The Labute approximate surface area is 113 Å². The van der Waals surface area contributed by atoms with E-state index in [0.29, 0.717) is 26.7 Å². The van der Waals surface area contributed by atoms with Gasteiger partial charge in [-0.05, 0) is 24.5 Å². The molecule has 1 aromatic carbocycles. The van der Waals surface area contributed by atoms with E-state index in [-0.39, 0.29) is 6.61 Å². The highest BCUT2D eigenvalue weighted by atomic mass is 35.5. The number of aliphatic hydroxyl groups is 1. The Morgan fingerprint density at radius 3 is 2.71 bits per heavy atom. The highest BCUT2D eigenvalue weighted by Crippen LogP contribution is 2.28. The number of aromatic nitrogens is 3. The monoisotopic (exact) mass is 289 g/mol. The minimum Gasteiger partial charge on any atom is -0.388 e. The van der Waals surface area contributed by atoms with Gasteiger partial charge in [-0.15, -0.1) is 10.2 Å². The number of hydrogen-bond acceptors (Lipinski definition) is 4. The molecule has 1 heterocycles. The van der Waals surface area contributed by atoms with Crippen LogP contribution in [0.15, 0.2) is 23.4 Å². The van der Waals surface area contributed by atoms with Crippen molar-refractivity contribution in [1.29, 1.82) is 0 Å². The van der Waals surface area contributed by atoms with E-state index in [0.717, 1.165) is 0 Å². The number of rotatable bonds is 3. The second-order valence-electron chi connectivity index (χ2n) is 3.19. The maximum absolute atomic E-state index is 9.23. The first kappa shape index (κ1) is 12.7. The summed E-state index contributed by atoms with van der Waals surface area (Å²) < 4.78 is 1.71. The molecule has 0 bridgehead atoms. The molecule has 0 saturated heterocycles. The molecule has 0 aliphatic carbocycles. The Morgan fingerprint density at radius 2 is 2.12 bits per heavy atom. The highest BCUT2D eigenvalue weighted by molar-refractivity contribution is 7.98. The summed E-state index contributed by atoms with van der Waals surface area (Å²) in [5, 5.41) is 18.8. The molecule has 0 saturated carbocycles. The predicted octanol–water partition coefficient (Wildman–Crippen LogP) is 2.79. The molecule has 0 aliphatic heterocycles. The third-order valence-corrected chi connectivity index (χ3v) is 3.34. The van der Waals surface area contributed by atoms with Crippen LogP contribution in [0.1, 0.15) is 5.82 Å². The van der Waals surface area contributed by atoms with Crippen LogP contribution in [-0.4, -0.2) is 26.1 Å². The van der Waals surface area contributed by atoms with Crippen LogP contribution in [0.4, 0.5) is 0 Å². The summed E-state index contributed by atoms with van der Waals surface area (Å²) in [6.45, 7) is -0.202. The lowest BCUT2D eigenvalue weighted by Gasteiger charge is -2.10. The number of benzene rings is 1. The zero-order valence-electron chi connectivity index (χ0n) is 8.89. The minimum atomic E-state index is -0.202. The predicted molar refractivity (Wildman–Crippen MR) is 69.1 cm³/mol. The molecule has 90 valence electrons. The second kappa shape index (κ2) is 5.27. The maximum Gasteiger partial charge on any atom is 0.195 e. The molecule has 2 aromatic rings. The van der Waals surface area contributed by atoms with Gasteiger partial charge in [0.05, 0.1) is 10.7 Å². The van der Waals surface area contributed by atoms with Crippen molar-refractivity contribution in [3.8, 4) is 5.69 Å². The SMILES string of the molecule is CSc1nnc(CO)n1-c1ccc(Cl)cc1Cl. The second-order valence-corrected chi connectivity index (χ2v) is 4.81. The van der Waals surface area contributed by atoms with Gasteiger partial charge in [0.15, 0.2) is 11.0 Å². The average Bonchev–Trinajstić information content (AvgIpc) is 2.71. The van der Waals surface area contributed by atoms with E-state index in [1.165, 1.54) is 11.8 Å². The van der Waals surface area contributed by atoms with Gasteiger partial charge >= 0.3 is 0 Å². The molecule has 4 nitrogen and oxygen atoms in total. The maximum atomic E-state index is 9.23. The smallest absolute Gasteiger partial charge is 0.195 e. The molecule has 1 aromatic heterocycles. The van der Waals surface area contributed by atoms with E-state index in [2.05, 4.69) is 10.2 Å². The quantitative estimate of drug-likeness (QED) is 0.883. The lowest BCUT2D eigenvalue weighted by molar-refractivity contribution is 0.268. The molecule has 0 fully saturated rings. The third kappa shape index (κ3) is 2.42. The third-order valence-electron chi connectivity index (χ3n) is 2.18. The molecule has 0 unspecified atom stereocenters. The van der Waals surface area contributed by atoms with Gasteiger partial charge in [-0.2, -0.15) is 0 Å². The van der Waals surface area contributed by atoms with E-state index in [4.69, 9.17) is 23.2 Å². The lowest BCUT2D eigenvalue weighted by atomic mass is 10.3. The number of nitrogens with zero attached hydrogens (tertiary/aromatic N) is 3. The van der Waals surface area contributed by atoms with E-state index in [9.17, 15) is 5.11 Å². The van der Waals surface area contributed by atoms with Gasteiger partial charge in [0.25, 0.3) is 0 Å². The van der Waals surface area contributed by atoms with Gasteiger partial charge in [-0.1, -0.05) is 35.0 Å². The zero-order valence-corrected chi connectivity index (χ0v) is 11.2. The zero-order chi connectivity index (χ0) is 12.4. The Bertz CT molecular complexity index is 523. The summed E-state index contributed by atoms with van der Waals surface area (Å²) in [7, 11) is 0. The van der Waals surface area contributed by atoms with E-state index >= 15 is 0 Å². The summed E-state index contributed by atoms with van der Waals surface area (Å²) in [6, 6.07) is 5.14. The number of hydrogen-bond donors (Lipinski definition) is 1. The molecule has 7 heteroatoms. The molecule has 1 N–H and O–H groups in total. The molecule has 17 heavy (non-hydrogen) atoms. The minimum absolute atomic E-state index is 0.202. The van der Waals surface area contributed by atoms with Crippen molar-refractivity contribution in [2.45, 2.75) is 11.8 Å². The molecule has 0 amide bonds. The summed E-state index contributed by atoms with van der Waals surface area (Å²) in [4.78, 5) is 0. The number of thioether (sulfide) groups is 1. The van der Waals surface area contributed by atoms with Crippen molar-refractivity contribution in [3.63, 3.8) is 0 Å². The largest absolute Gasteiger partial charge is 0.388 e. The summed E-state index contributed by atoms with van der Waals surface area (Å²) in [5.41, 5.74) is 0.703. The standard InChI is InChI=1S/C10H9Cl2N3OS/c1-17-10-14-13-9(5-16)15(10)8-3-2-6(11)4-7(8)12/h2-4,16H,5H2,1H3. The van der Waals surface area contributed by atoms with Crippen molar-refractivity contribution < 1.29 is 5.11 Å². The van der Waals surface area contributed by atoms with E-state index in [1.807, 2.05) is 6.26 Å². The fourth-order valence-corrected chi connectivity index (χ4v) is 2.44. The van der Waals surface area contributed by atoms with Crippen LogP contribution in [0.2, 0.25) is 10.0 Å². The van der Waals surface area contributed by atoms with Crippen molar-refractivity contribution in [2.24, 2.45) is 0 Å². The number of halogens is 2. The van der Waals surface area contributed by atoms with Crippen LogP contribution < -0.4 is 0 Å². The molecular weight excluding hydrogens is 281 g/mol. The Morgan fingerprint density at radius 1 is 1.35 bits per heavy atom. The molecule has 0 radical (unpaired) electrons. The molecule has 0 atom stereocenters. The molecule has 0 spiro atoms. The van der Waals surface area contributed by atoms with Gasteiger partial charge in [0.1, 0.15) is 6.61 Å². The summed E-state index contributed by atoms with van der Waals surface area (Å²) in [6.07, 6.45) is 1.88. The molecule has 0 aliphatic rings. The van der Waals surface area contributed by atoms with Crippen molar-refractivity contribution in [2.75, 3.05) is 6.26 Å². The van der Waals surface area contributed by atoms with Crippen LogP contribution in [-0.2, 0) is 6.61 Å². The van der Waals surface area contributed by atoms with E-state index < -0.39 is 0 Å². The first-order valence-electron chi connectivity index (χ1n) is 4.72. The van der Waals surface area contributed by atoms with E-state index in [1.54, 1.807) is 22.8 Å². The fraction of sp³-hybridized carbons (Fsp3) is 0.200. The number of aliphatic hydroxyl groups excluding tert-OH is 1.